The number of pyridine rings is 1. The van der Waals surface area contributed by atoms with Crippen LogP contribution in [-0.2, 0) is 7.05 Å². The highest BCUT2D eigenvalue weighted by Gasteiger charge is 2.17. The molecule has 1 aromatic heterocycles. The summed E-state index contributed by atoms with van der Waals surface area (Å²) in [6.07, 6.45) is 1.32. The molecule has 7 heteroatoms. The van der Waals surface area contributed by atoms with E-state index in [1.165, 1.54) is 43.2 Å². The van der Waals surface area contributed by atoms with Gasteiger partial charge in [0.25, 0.3) is 5.91 Å². The summed E-state index contributed by atoms with van der Waals surface area (Å²) in [7, 11) is 4.57. The maximum atomic E-state index is 14.0. The van der Waals surface area contributed by atoms with E-state index in [1.807, 2.05) is 0 Å². The van der Waals surface area contributed by atoms with Crippen molar-refractivity contribution in [2.45, 2.75) is 0 Å². The average molecular weight is 356 g/mol. The number of rotatable bonds is 4. The Kier molecular flexibility index (Phi) is 4.62. The first-order chi connectivity index (χ1) is 12.4. The van der Waals surface area contributed by atoms with Crippen molar-refractivity contribution in [1.82, 2.24) is 4.57 Å². The van der Waals surface area contributed by atoms with Crippen LogP contribution in [-0.4, -0.2) is 24.7 Å². The minimum atomic E-state index is -0.605. The maximum Gasteiger partial charge on any atom is 0.261 e. The number of nitrogens with zero attached hydrogens (tertiary/aromatic N) is 1. The first kappa shape index (κ1) is 17.5. The van der Waals surface area contributed by atoms with Gasteiger partial charge in [0.2, 0.25) is 5.43 Å². The lowest BCUT2D eigenvalue weighted by atomic mass is 10.1. The summed E-state index contributed by atoms with van der Waals surface area (Å²) in [6, 6.07) is 9.06. The molecule has 6 nitrogen and oxygen atoms in total. The van der Waals surface area contributed by atoms with E-state index in [-0.39, 0.29) is 16.5 Å². The molecule has 0 saturated carbocycles. The fourth-order valence-electron chi connectivity index (χ4n) is 2.76. The van der Waals surface area contributed by atoms with E-state index in [2.05, 4.69) is 5.32 Å². The van der Waals surface area contributed by atoms with Gasteiger partial charge in [-0.2, -0.15) is 0 Å². The number of nitrogens with one attached hydrogen (secondary N) is 1. The number of carbonyl (C=O) groups excluding carboxylic acids is 1. The summed E-state index contributed by atoms with van der Waals surface area (Å²) >= 11 is 0. The van der Waals surface area contributed by atoms with Crippen molar-refractivity contribution in [3.8, 4) is 11.5 Å². The number of ether oxygens (including phenoxy) is 2. The third-order valence-corrected chi connectivity index (χ3v) is 4.01. The van der Waals surface area contributed by atoms with Crippen LogP contribution in [0.5, 0.6) is 11.5 Å². The number of benzene rings is 2. The topological polar surface area (TPSA) is 69.6 Å². The predicted octanol–water partition coefficient (Wildman–Crippen LogP) is 2.95. The summed E-state index contributed by atoms with van der Waals surface area (Å²) in [5.41, 5.74) is -0.0676. The molecule has 0 bridgehead atoms. The molecule has 0 aliphatic rings. The second-order valence-corrected chi connectivity index (χ2v) is 5.67. The van der Waals surface area contributed by atoms with E-state index >= 15 is 0 Å². The van der Waals surface area contributed by atoms with Gasteiger partial charge in [0.15, 0.2) is 0 Å². The van der Waals surface area contributed by atoms with E-state index < -0.39 is 17.2 Å². The summed E-state index contributed by atoms with van der Waals surface area (Å²) < 4.78 is 25.7. The first-order valence-corrected chi connectivity index (χ1v) is 7.77. The van der Waals surface area contributed by atoms with E-state index in [9.17, 15) is 14.0 Å². The van der Waals surface area contributed by atoms with Crippen molar-refractivity contribution in [3.63, 3.8) is 0 Å². The van der Waals surface area contributed by atoms with E-state index in [4.69, 9.17) is 9.47 Å². The zero-order valence-corrected chi connectivity index (χ0v) is 14.5. The van der Waals surface area contributed by atoms with Crippen molar-refractivity contribution in [2.75, 3.05) is 19.5 Å². The molecular weight excluding hydrogens is 339 g/mol. The van der Waals surface area contributed by atoms with Gasteiger partial charge >= 0.3 is 0 Å². The highest BCUT2D eigenvalue weighted by Crippen LogP contribution is 2.26. The van der Waals surface area contributed by atoms with Crippen molar-refractivity contribution < 1.29 is 18.7 Å². The largest absolute Gasteiger partial charge is 0.497 e. The molecule has 0 aliphatic carbocycles. The zero-order valence-electron chi connectivity index (χ0n) is 14.5. The minimum Gasteiger partial charge on any atom is -0.497 e. The monoisotopic (exact) mass is 356 g/mol. The number of aromatic nitrogens is 1. The molecule has 0 saturated heterocycles. The molecule has 26 heavy (non-hydrogen) atoms. The minimum absolute atomic E-state index is 0.0904. The lowest BCUT2D eigenvalue weighted by Crippen LogP contribution is -2.23. The van der Waals surface area contributed by atoms with Crippen LogP contribution in [0.1, 0.15) is 10.4 Å². The maximum absolute atomic E-state index is 14.0. The third-order valence-electron chi connectivity index (χ3n) is 4.01. The fraction of sp³-hybridized carbons (Fsp3) is 0.158. The Morgan fingerprint density at radius 2 is 1.77 bits per heavy atom. The molecule has 3 rings (SSSR count). The van der Waals surface area contributed by atoms with Crippen LogP contribution in [0.2, 0.25) is 0 Å². The number of para-hydroxylation sites is 1. The Morgan fingerprint density at radius 3 is 2.38 bits per heavy atom. The normalized spacial score (nSPS) is 10.6. The zero-order chi connectivity index (χ0) is 18.8. The second-order valence-electron chi connectivity index (χ2n) is 5.67. The number of methoxy groups -OCH3 is 2. The molecule has 1 heterocycles. The molecule has 0 aliphatic heterocycles. The smallest absolute Gasteiger partial charge is 0.261 e. The van der Waals surface area contributed by atoms with Crippen molar-refractivity contribution in [2.24, 2.45) is 7.05 Å². The summed E-state index contributed by atoms with van der Waals surface area (Å²) in [5.74, 6) is -0.139. The molecular formula is C19H17FN2O4. The number of anilines is 1. The standard InChI is InChI=1S/C19H17FN2O4/c1-22-10-15(18(23)14-5-4-6-16(20)17(14)22)19(24)21-11-7-12(25-2)9-13(8-11)26-3/h4-10H,1-3H3,(H,21,24). The van der Waals surface area contributed by atoms with Gasteiger partial charge < -0.3 is 19.4 Å². The molecule has 0 atom stereocenters. The molecule has 0 fully saturated rings. The van der Waals surface area contributed by atoms with Crippen LogP contribution in [0.3, 0.4) is 0 Å². The number of aryl methyl sites for hydroxylation is 1. The molecule has 1 amide bonds. The van der Waals surface area contributed by atoms with Crippen LogP contribution in [0, 0.1) is 5.82 Å². The van der Waals surface area contributed by atoms with Gasteiger partial charge in [-0.1, -0.05) is 6.07 Å². The molecule has 134 valence electrons. The molecule has 2 aromatic carbocycles. The lowest BCUT2D eigenvalue weighted by Gasteiger charge is -2.12. The summed E-state index contributed by atoms with van der Waals surface area (Å²) in [4.78, 5) is 25.2. The highest BCUT2D eigenvalue weighted by atomic mass is 19.1. The second kappa shape index (κ2) is 6.87. The van der Waals surface area contributed by atoms with Gasteiger partial charge in [0, 0.05) is 42.5 Å². The van der Waals surface area contributed by atoms with Crippen LogP contribution in [0.15, 0.2) is 47.4 Å². The Morgan fingerprint density at radius 1 is 1.12 bits per heavy atom. The Bertz CT molecular complexity index is 1040. The molecule has 1 N–H and O–H groups in total. The first-order valence-electron chi connectivity index (χ1n) is 7.77. The molecule has 0 spiro atoms. The van der Waals surface area contributed by atoms with E-state index in [0.717, 1.165) is 0 Å². The van der Waals surface area contributed by atoms with Crippen molar-refractivity contribution >= 4 is 22.5 Å². The SMILES string of the molecule is COc1cc(NC(=O)c2cn(C)c3c(F)cccc3c2=O)cc(OC)c1. The third kappa shape index (κ3) is 3.11. The van der Waals surface area contributed by atoms with Crippen LogP contribution in [0.25, 0.3) is 10.9 Å². The Labute approximate surface area is 148 Å². The number of amides is 1. The lowest BCUT2D eigenvalue weighted by molar-refractivity contribution is 0.102. The van der Waals surface area contributed by atoms with Crippen molar-refractivity contribution in [1.29, 1.82) is 0 Å². The van der Waals surface area contributed by atoms with Crippen LogP contribution in [0.4, 0.5) is 10.1 Å². The van der Waals surface area contributed by atoms with Gasteiger partial charge in [-0.3, -0.25) is 9.59 Å². The van der Waals surface area contributed by atoms with Crippen LogP contribution < -0.4 is 20.2 Å². The van der Waals surface area contributed by atoms with Crippen LogP contribution >= 0.6 is 0 Å². The predicted molar refractivity (Wildman–Crippen MR) is 96.6 cm³/mol. The molecule has 0 radical (unpaired) electrons. The Balaban J connectivity index is 2.04. The van der Waals surface area contributed by atoms with E-state index in [1.54, 1.807) is 25.2 Å². The summed E-state index contributed by atoms with van der Waals surface area (Å²) in [6.45, 7) is 0. The number of hydrogen-bond donors (Lipinski definition) is 1. The average Bonchev–Trinajstić information content (AvgIpc) is 2.63. The highest BCUT2D eigenvalue weighted by molar-refractivity contribution is 6.06. The summed E-state index contributed by atoms with van der Waals surface area (Å²) in [5, 5.41) is 2.79. The van der Waals surface area contributed by atoms with Crippen molar-refractivity contribution in [3.05, 3.63) is 64.2 Å². The van der Waals surface area contributed by atoms with Gasteiger partial charge in [0.1, 0.15) is 22.9 Å². The number of hydrogen-bond acceptors (Lipinski definition) is 4. The number of carbonyl (C=O) groups is 1. The Hall–Kier alpha value is -3.35. The van der Waals surface area contributed by atoms with Gasteiger partial charge in [0.05, 0.1) is 19.7 Å². The molecule has 0 unspecified atom stereocenters. The molecule has 3 aromatic rings. The number of fused-ring (bicyclic) bond motifs is 1. The van der Waals surface area contributed by atoms with E-state index in [0.29, 0.717) is 17.2 Å². The fourth-order valence-corrected chi connectivity index (χ4v) is 2.76. The quantitative estimate of drug-likeness (QED) is 0.780. The van der Waals surface area contributed by atoms with Gasteiger partial charge in [-0.25, -0.2) is 4.39 Å². The number of halogens is 1. The van der Waals surface area contributed by atoms with Gasteiger partial charge in [-0.15, -0.1) is 0 Å². The van der Waals surface area contributed by atoms with Gasteiger partial charge in [-0.05, 0) is 12.1 Å².